The van der Waals surface area contributed by atoms with E-state index in [1.807, 2.05) is 0 Å². The summed E-state index contributed by atoms with van der Waals surface area (Å²) in [7, 11) is 0. The molecule has 1 fully saturated rings. The highest BCUT2D eigenvalue weighted by Gasteiger charge is 2.42. The third-order valence-corrected chi connectivity index (χ3v) is 6.95. The van der Waals surface area contributed by atoms with Crippen molar-refractivity contribution in [1.29, 1.82) is 0 Å². The minimum absolute atomic E-state index is 0.0614. The quantitative estimate of drug-likeness (QED) is 0.176. The number of hydrogen-bond acceptors (Lipinski definition) is 7. The van der Waals surface area contributed by atoms with Gasteiger partial charge in [0.15, 0.2) is 0 Å². The van der Waals surface area contributed by atoms with E-state index >= 15 is 0 Å². The molecule has 0 saturated carbocycles. The first kappa shape index (κ1) is 28.9. The fourth-order valence-corrected chi connectivity index (χ4v) is 4.84. The Balaban J connectivity index is 1.39. The monoisotopic (exact) mass is 579 g/mol. The number of esters is 2. The van der Waals surface area contributed by atoms with Crippen LogP contribution in [-0.2, 0) is 9.53 Å². The molecule has 1 saturated heterocycles. The third-order valence-electron chi connectivity index (χ3n) is 6.95. The highest BCUT2D eigenvalue weighted by Crippen LogP contribution is 2.41. The predicted octanol–water partition coefficient (Wildman–Crippen LogP) is 7.12. The highest BCUT2D eigenvalue weighted by atomic mass is 19.4. The first-order valence-electron chi connectivity index (χ1n) is 13.5. The molecule has 5 rings (SSSR count). The first-order chi connectivity index (χ1) is 20.2. The van der Waals surface area contributed by atoms with Gasteiger partial charge in [-0.3, -0.25) is 4.90 Å². The summed E-state index contributed by atoms with van der Waals surface area (Å²) in [5, 5.41) is 11.3. The van der Waals surface area contributed by atoms with Gasteiger partial charge in [0.1, 0.15) is 29.6 Å². The Hall–Kier alpha value is -4.57. The van der Waals surface area contributed by atoms with Crippen LogP contribution >= 0.6 is 0 Å². The van der Waals surface area contributed by atoms with Crippen LogP contribution in [0.15, 0.2) is 78.9 Å². The van der Waals surface area contributed by atoms with Gasteiger partial charge >= 0.3 is 18.1 Å². The average Bonchev–Trinajstić information content (AvgIpc) is 2.98. The summed E-state index contributed by atoms with van der Waals surface area (Å²) in [4.78, 5) is 25.9. The van der Waals surface area contributed by atoms with Crippen LogP contribution in [0.5, 0.6) is 23.0 Å². The lowest BCUT2D eigenvalue weighted by molar-refractivity contribution is -0.193. The molecular weight excluding hydrogens is 551 g/mol. The molecule has 1 heterocycles. The van der Waals surface area contributed by atoms with Crippen molar-refractivity contribution in [2.24, 2.45) is 0 Å². The molecule has 7 nitrogen and oxygen atoms in total. The zero-order chi connectivity index (χ0) is 29.7. The van der Waals surface area contributed by atoms with Gasteiger partial charge in [-0.2, -0.15) is 13.2 Å². The lowest BCUT2D eigenvalue weighted by Crippen LogP contribution is -2.33. The van der Waals surface area contributed by atoms with Crippen molar-refractivity contribution in [3.63, 3.8) is 0 Å². The molecule has 218 valence electrons. The van der Waals surface area contributed by atoms with Gasteiger partial charge in [0.05, 0.1) is 5.56 Å². The second-order valence-electron chi connectivity index (χ2n) is 9.93. The average molecular weight is 580 g/mol. The van der Waals surface area contributed by atoms with Gasteiger partial charge in [-0.05, 0) is 97.5 Å². The van der Waals surface area contributed by atoms with Crippen molar-refractivity contribution >= 4 is 22.7 Å². The maximum Gasteiger partial charge on any atom is 0.491 e. The summed E-state index contributed by atoms with van der Waals surface area (Å²) >= 11 is 0. The van der Waals surface area contributed by atoms with Gasteiger partial charge in [-0.1, -0.05) is 24.6 Å². The van der Waals surface area contributed by atoms with Crippen molar-refractivity contribution in [3.8, 4) is 34.1 Å². The van der Waals surface area contributed by atoms with E-state index in [-0.39, 0.29) is 11.3 Å². The molecule has 10 heteroatoms. The number of carbonyl (C=O) groups excluding carboxylic acids is 2. The summed E-state index contributed by atoms with van der Waals surface area (Å²) in [5.74, 6) is -2.38. The smallest absolute Gasteiger partial charge is 0.491 e. The minimum Gasteiger partial charge on any atom is -0.508 e. The highest BCUT2D eigenvalue weighted by molar-refractivity contribution is 6.00. The molecular formula is C32H28F3NO6. The molecule has 0 bridgehead atoms. The van der Waals surface area contributed by atoms with Crippen LogP contribution in [0.1, 0.15) is 29.6 Å². The molecule has 0 spiro atoms. The van der Waals surface area contributed by atoms with E-state index in [1.54, 1.807) is 54.6 Å². The molecule has 1 aliphatic heterocycles. The van der Waals surface area contributed by atoms with Gasteiger partial charge < -0.3 is 19.3 Å². The zero-order valence-electron chi connectivity index (χ0n) is 22.5. The molecule has 4 aromatic carbocycles. The second kappa shape index (κ2) is 12.5. The van der Waals surface area contributed by atoms with Crippen LogP contribution < -0.4 is 9.47 Å². The topological polar surface area (TPSA) is 85.3 Å². The lowest BCUT2D eigenvalue weighted by atomic mass is 9.98. The van der Waals surface area contributed by atoms with E-state index in [4.69, 9.17) is 9.47 Å². The number of alkyl halides is 3. The summed E-state index contributed by atoms with van der Waals surface area (Å²) in [6.45, 7) is 3.63. The largest absolute Gasteiger partial charge is 0.508 e. The zero-order valence-corrected chi connectivity index (χ0v) is 22.5. The van der Waals surface area contributed by atoms with Gasteiger partial charge in [0.2, 0.25) is 0 Å². The summed E-state index contributed by atoms with van der Waals surface area (Å²) in [6.07, 6.45) is -1.59. The van der Waals surface area contributed by atoms with Crippen LogP contribution in [0.4, 0.5) is 13.2 Å². The van der Waals surface area contributed by atoms with Crippen LogP contribution in [0.3, 0.4) is 0 Å². The van der Waals surface area contributed by atoms with Crippen molar-refractivity contribution in [2.45, 2.75) is 25.4 Å². The Morgan fingerprint density at radius 1 is 0.857 bits per heavy atom. The number of nitrogens with zero attached hydrogens (tertiary/aromatic N) is 1. The van der Waals surface area contributed by atoms with Crippen molar-refractivity contribution in [2.75, 3.05) is 26.2 Å². The number of likely N-dealkylation sites (tertiary alicyclic amines) is 1. The maximum absolute atomic E-state index is 12.6. The SMILES string of the molecule is O=C(OC(=O)C(F)(F)F)c1cccc(-c2ccc3cc(O)ccc3c2Oc2ccc(OCCN3CCCCC3)cc2)c1. The van der Waals surface area contributed by atoms with E-state index in [0.29, 0.717) is 45.8 Å². The van der Waals surface area contributed by atoms with E-state index in [1.165, 1.54) is 43.5 Å². The number of aromatic hydroxyl groups is 1. The second-order valence-corrected chi connectivity index (χ2v) is 9.93. The molecule has 0 atom stereocenters. The summed E-state index contributed by atoms with van der Waals surface area (Å²) in [5.41, 5.74) is 0.714. The molecule has 42 heavy (non-hydrogen) atoms. The molecule has 0 aromatic heterocycles. The fourth-order valence-electron chi connectivity index (χ4n) is 4.84. The number of fused-ring (bicyclic) bond motifs is 1. The molecule has 0 radical (unpaired) electrons. The molecule has 4 aromatic rings. The Kier molecular flexibility index (Phi) is 8.63. The number of phenolic OH excluding ortho intramolecular Hbond substituents is 1. The normalized spacial score (nSPS) is 14.0. The maximum atomic E-state index is 12.6. The molecule has 0 aliphatic carbocycles. The summed E-state index contributed by atoms with van der Waals surface area (Å²) in [6, 6.07) is 21.0. The lowest BCUT2D eigenvalue weighted by Gasteiger charge is -2.26. The molecule has 1 aliphatic rings. The Morgan fingerprint density at radius 3 is 2.33 bits per heavy atom. The van der Waals surface area contributed by atoms with Crippen LogP contribution in [0, 0.1) is 0 Å². The third kappa shape index (κ3) is 7.01. The number of piperidine rings is 1. The van der Waals surface area contributed by atoms with Gasteiger partial charge in [-0.15, -0.1) is 0 Å². The van der Waals surface area contributed by atoms with Crippen molar-refractivity contribution in [1.82, 2.24) is 4.90 Å². The van der Waals surface area contributed by atoms with E-state index in [2.05, 4.69) is 9.64 Å². The Morgan fingerprint density at radius 2 is 1.60 bits per heavy atom. The number of phenols is 1. The van der Waals surface area contributed by atoms with Gasteiger partial charge in [-0.25, -0.2) is 9.59 Å². The fraction of sp³-hybridized carbons (Fsp3) is 0.250. The van der Waals surface area contributed by atoms with Gasteiger partial charge in [0, 0.05) is 17.5 Å². The van der Waals surface area contributed by atoms with Crippen molar-refractivity contribution in [3.05, 3.63) is 84.4 Å². The molecule has 0 amide bonds. The number of hydrogen-bond donors (Lipinski definition) is 1. The Labute approximate surface area is 240 Å². The van der Waals surface area contributed by atoms with E-state index in [0.717, 1.165) is 19.6 Å². The number of rotatable bonds is 8. The number of ether oxygens (including phenoxy) is 3. The number of carbonyl (C=O) groups is 2. The van der Waals surface area contributed by atoms with Gasteiger partial charge in [0.25, 0.3) is 0 Å². The van der Waals surface area contributed by atoms with Crippen LogP contribution in [0.25, 0.3) is 21.9 Å². The molecule has 0 unspecified atom stereocenters. The van der Waals surface area contributed by atoms with E-state index < -0.39 is 18.1 Å². The van der Waals surface area contributed by atoms with Crippen LogP contribution in [0.2, 0.25) is 0 Å². The molecule has 1 N–H and O–H groups in total. The van der Waals surface area contributed by atoms with Crippen molar-refractivity contribution < 1.29 is 42.1 Å². The predicted molar refractivity (Wildman–Crippen MR) is 150 cm³/mol. The Bertz CT molecular complexity index is 1580. The summed E-state index contributed by atoms with van der Waals surface area (Å²) < 4.78 is 54.0. The number of benzene rings is 4. The first-order valence-corrected chi connectivity index (χ1v) is 13.5. The van der Waals surface area contributed by atoms with E-state index in [9.17, 15) is 27.9 Å². The minimum atomic E-state index is -5.30. The van der Waals surface area contributed by atoms with Crippen LogP contribution in [-0.4, -0.2) is 54.4 Å². The standard InChI is InChI=1S/C32H28F3NO6/c33-32(34,35)31(39)42-30(38)23-6-4-5-21(19-23)27-13-7-22-20-24(37)8-14-28(22)29(27)41-26-11-9-25(10-12-26)40-18-17-36-15-2-1-3-16-36/h4-14,19-20,37H,1-3,15-18H2. The number of halogens is 3.